The van der Waals surface area contributed by atoms with E-state index in [1.807, 2.05) is 13.8 Å². The van der Waals surface area contributed by atoms with Crippen LogP contribution in [0.3, 0.4) is 0 Å². The number of aliphatic hydroxyl groups excluding tert-OH is 1. The second-order valence-corrected chi connectivity index (χ2v) is 5.52. The number of halogens is 1. The Hall–Kier alpha value is -0.0900. The van der Waals surface area contributed by atoms with Crippen molar-refractivity contribution in [1.82, 2.24) is 5.32 Å². The second-order valence-electron chi connectivity index (χ2n) is 4.53. The average Bonchev–Trinajstić information content (AvgIpc) is 2.26. The van der Waals surface area contributed by atoms with Crippen LogP contribution in [0, 0.1) is 11.8 Å². The number of amides is 1. The molecule has 0 aliphatic carbocycles. The molecule has 0 bridgehead atoms. The molecule has 2 unspecified atom stereocenters. The van der Waals surface area contributed by atoms with Crippen molar-refractivity contribution in [3.8, 4) is 0 Å². The number of rotatable bonds is 7. The Morgan fingerprint density at radius 1 is 1.31 bits per heavy atom. The van der Waals surface area contributed by atoms with Crippen LogP contribution in [-0.2, 0) is 4.79 Å². The largest absolute Gasteiger partial charge is 0.391 e. The topological polar surface area (TPSA) is 49.3 Å². The van der Waals surface area contributed by atoms with Crippen molar-refractivity contribution < 1.29 is 9.90 Å². The van der Waals surface area contributed by atoms with E-state index >= 15 is 0 Å². The third kappa shape index (κ3) is 5.30. The molecule has 96 valence electrons. The number of carbonyl (C=O) groups is 1. The SMILES string of the molecule is CCC(CC)C(O)CNC(=O)C(Br)C(C)C. The molecule has 0 radical (unpaired) electrons. The molecule has 0 aromatic heterocycles. The first kappa shape index (κ1) is 15.9. The van der Waals surface area contributed by atoms with Crippen molar-refractivity contribution in [1.29, 1.82) is 0 Å². The minimum absolute atomic E-state index is 0.0417. The van der Waals surface area contributed by atoms with Crippen molar-refractivity contribution in [2.75, 3.05) is 6.54 Å². The van der Waals surface area contributed by atoms with Gasteiger partial charge in [0.25, 0.3) is 0 Å². The smallest absolute Gasteiger partial charge is 0.234 e. The summed E-state index contributed by atoms with van der Waals surface area (Å²) in [6, 6.07) is 0. The van der Waals surface area contributed by atoms with Gasteiger partial charge in [0.05, 0.1) is 10.9 Å². The van der Waals surface area contributed by atoms with E-state index in [-0.39, 0.29) is 22.6 Å². The van der Waals surface area contributed by atoms with Gasteiger partial charge in [0, 0.05) is 6.54 Å². The second kappa shape index (κ2) is 8.07. The normalized spacial score (nSPS) is 15.2. The number of hydrogen-bond acceptors (Lipinski definition) is 2. The molecule has 0 rings (SSSR count). The summed E-state index contributed by atoms with van der Waals surface area (Å²) in [5.74, 6) is 0.485. The first-order valence-corrected chi connectivity index (χ1v) is 6.95. The van der Waals surface area contributed by atoms with Crippen molar-refractivity contribution in [2.24, 2.45) is 11.8 Å². The van der Waals surface area contributed by atoms with Crippen LogP contribution in [0.4, 0.5) is 0 Å². The fourth-order valence-corrected chi connectivity index (χ4v) is 1.77. The zero-order chi connectivity index (χ0) is 12.7. The quantitative estimate of drug-likeness (QED) is 0.708. The van der Waals surface area contributed by atoms with Crippen LogP contribution in [0.25, 0.3) is 0 Å². The molecule has 0 spiro atoms. The number of hydrogen-bond donors (Lipinski definition) is 2. The van der Waals surface area contributed by atoms with Crippen LogP contribution in [0.2, 0.25) is 0 Å². The minimum Gasteiger partial charge on any atom is -0.391 e. The maximum atomic E-state index is 11.6. The van der Waals surface area contributed by atoms with E-state index in [0.717, 1.165) is 12.8 Å². The van der Waals surface area contributed by atoms with Gasteiger partial charge >= 0.3 is 0 Å². The van der Waals surface area contributed by atoms with Crippen molar-refractivity contribution in [3.63, 3.8) is 0 Å². The van der Waals surface area contributed by atoms with Crippen LogP contribution in [-0.4, -0.2) is 28.5 Å². The standard InChI is InChI=1S/C12H24BrNO2/c1-5-9(6-2)10(15)7-14-12(16)11(13)8(3)4/h8-11,15H,5-7H2,1-4H3,(H,14,16). The van der Waals surface area contributed by atoms with E-state index in [2.05, 4.69) is 35.1 Å². The molecule has 0 aromatic carbocycles. The van der Waals surface area contributed by atoms with E-state index in [1.54, 1.807) is 0 Å². The number of alkyl halides is 1. The van der Waals surface area contributed by atoms with E-state index < -0.39 is 6.10 Å². The molecule has 0 saturated carbocycles. The molecule has 4 heteroatoms. The third-order valence-corrected chi connectivity index (χ3v) is 4.39. The summed E-state index contributed by atoms with van der Waals surface area (Å²) in [6.07, 6.45) is 1.44. The molecule has 2 atom stereocenters. The van der Waals surface area contributed by atoms with Gasteiger partial charge in [-0.15, -0.1) is 0 Å². The minimum atomic E-state index is -0.439. The summed E-state index contributed by atoms with van der Waals surface area (Å²) in [7, 11) is 0. The Balaban J connectivity index is 4.00. The first-order chi connectivity index (χ1) is 7.43. The molecule has 3 nitrogen and oxygen atoms in total. The summed E-state index contributed by atoms with van der Waals surface area (Å²) in [5.41, 5.74) is 0. The van der Waals surface area contributed by atoms with Gasteiger partial charge in [-0.05, 0) is 11.8 Å². The molecule has 0 aromatic rings. The molecule has 1 amide bonds. The van der Waals surface area contributed by atoms with Gasteiger partial charge in [-0.1, -0.05) is 56.5 Å². The molecule has 2 N–H and O–H groups in total. The zero-order valence-electron chi connectivity index (χ0n) is 10.7. The Bertz CT molecular complexity index is 205. The van der Waals surface area contributed by atoms with Crippen LogP contribution in [0.1, 0.15) is 40.5 Å². The molecular weight excluding hydrogens is 270 g/mol. The van der Waals surface area contributed by atoms with Gasteiger partial charge in [-0.2, -0.15) is 0 Å². The lowest BCUT2D eigenvalue weighted by molar-refractivity contribution is -0.121. The summed E-state index contributed by atoms with van der Waals surface area (Å²) < 4.78 is 0. The van der Waals surface area contributed by atoms with E-state index in [1.165, 1.54) is 0 Å². The Morgan fingerprint density at radius 2 is 1.81 bits per heavy atom. The van der Waals surface area contributed by atoms with Crippen LogP contribution < -0.4 is 5.32 Å². The average molecular weight is 294 g/mol. The van der Waals surface area contributed by atoms with Crippen LogP contribution >= 0.6 is 15.9 Å². The lowest BCUT2D eigenvalue weighted by atomic mass is 9.96. The van der Waals surface area contributed by atoms with Crippen molar-refractivity contribution in [3.05, 3.63) is 0 Å². The first-order valence-electron chi connectivity index (χ1n) is 6.03. The molecule has 0 aliphatic heterocycles. The molecule has 0 heterocycles. The summed E-state index contributed by atoms with van der Waals surface area (Å²) >= 11 is 3.34. The lowest BCUT2D eigenvalue weighted by Gasteiger charge is -2.21. The van der Waals surface area contributed by atoms with Gasteiger partial charge in [0.1, 0.15) is 0 Å². The van der Waals surface area contributed by atoms with Gasteiger partial charge in [-0.25, -0.2) is 0 Å². The highest BCUT2D eigenvalue weighted by molar-refractivity contribution is 9.10. The van der Waals surface area contributed by atoms with Gasteiger partial charge in [0.15, 0.2) is 0 Å². The Morgan fingerprint density at radius 3 is 2.19 bits per heavy atom. The van der Waals surface area contributed by atoms with Gasteiger partial charge in [0.2, 0.25) is 5.91 Å². The molecule has 0 saturated heterocycles. The summed E-state index contributed by atoms with van der Waals surface area (Å²) in [4.78, 5) is 11.4. The fraction of sp³-hybridized carbons (Fsp3) is 0.917. The lowest BCUT2D eigenvalue weighted by Crippen LogP contribution is -2.40. The zero-order valence-corrected chi connectivity index (χ0v) is 12.3. The van der Waals surface area contributed by atoms with Crippen molar-refractivity contribution in [2.45, 2.75) is 51.5 Å². The third-order valence-electron chi connectivity index (χ3n) is 2.91. The highest BCUT2D eigenvalue weighted by Gasteiger charge is 2.21. The van der Waals surface area contributed by atoms with Crippen LogP contribution in [0.15, 0.2) is 0 Å². The maximum absolute atomic E-state index is 11.6. The van der Waals surface area contributed by atoms with E-state index in [9.17, 15) is 9.90 Å². The van der Waals surface area contributed by atoms with E-state index in [4.69, 9.17) is 0 Å². The fourth-order valence-electron chi connectivity index (χ4n) is 1.60. The highest BCUT2D eigenvalue weighted by atomic mass is 79.9. The number of nitrogens with one attached hydrogen (secondary N) is 1. The summed E-state index contributed by atoms with van der Waals surface area (Å²) in [6.45, 7) is 8.42. The Kier molecular flexibility index (Phi) is 8.02. The molecular formula is C12H24BrNO2. The predicted molar refractivity (Wildman–Crippen MR) is 70.6 cm³/mol. The summed E-state index contributed by atoms with van der Waals surface area (Å²) in [5, 5.41) is 12.6. The molecule has 0 fully saturated rings. The van der Waals surface area contributed by atoms with E-state index in [0.29, 0.717) is 6.54 Å². The molecule has 16 heavy (non-hydrogen) atoms. The molecule has 0 aliphatic rings. The maximum Gasteiger partial charge on any atom is 0.234 e. The van der Waals surface area contributed by atoms with Gasteiger partial charge in [-0.3, -0.25) is 4.79 Å². The Labute approximate surface area is 107 Å². The monoisotopic (exact) mass is 293 g/mol. The number of carbonyl (C=O) groups excluding carboxylic acids is 1. The predicted octanol–water partition coefficient (Wildman–Crippen LogP) is 2.32. The number of aliphatic hydroxyl groups is 1. The van der Waals surface area contributed by atoms with Crippen LogP contribution in [0.5, 0.6) is 0 Å². The van der Waals surface area contributed by atoms with Gasteiger partial charge < -0.3 is 10.4 Å². The van der Waals surface area contributed by atoms with Crippen molar-refractivity contribution >= 4 is 21.8 Å². The highest BCUT2D eigenvalue weighted by Crippen LogP contribution is 2.14.